The lowest BCUT2D eigenvalue weighted by Gasteiger charge is -2.07. The smallest absolute Gasteiger partial charge is 0.222 e. The quantitative estimate of drug-likeness (QED) is 0.368. The monoisotopic (exact) mass is 403 g/mol. The van der Waals surface area contributed by atoms with Gasteiger partial charge in [-0.15, -0.1) is 0 Å². The number of hydrogen-bond acceptors (Lipinski definition) is 6. The Morgan fingerprint density at radius 2 is 1.47 bits per heavy atom. The third kappa shape index (κ3) is 4.64. The van der Waals surface area contributed by atoms with E-state index < -0.39 is 5.82 Å². The number of phenols is 1. The molecule has 0 amide bonds. The molecule has 7 N–H and O–H groups in total. The van der Waals surface area contributed by atoms with Gasteiger partial charge in [-0.25, -0.2) is 9.37 Å². The summed E-state index contributed by atoms with van der Waals surface area (Å²) in [6.45, 7) is 2.05. The maximum absolute atomic E-state index is 13.6. The van der Waals surface area contributed by atoms with E-state index >= 15 is 0 Å². The zero-order chi connectivity index (χ0) is 21.7. The molecule has 7 heteroatoms. The van der Waals surface area contributed by atoms with Gasteiger partial charge >= 0.3 is 0 Å². The van der Waals surface area contributed by atoms with Crippen LogP contribution in [0.4, 0.5) is 21.8 Å². The second-order valence-corrected chi connectivity index (χ2v) is 6.57. The summed E-state index contributed by atoms with van der Waals surface area (Å²) < 4.78 is 13.6. The van der Waals surface area contributed by atoms with Crippen molar-refractivity contribution in [3.05, 3.63) is 84.2 Å². The molecule has 1 heterocycles. The third-order valence-electron chi connectivity index (χ3n) is 4.47. The molecule has 0 aliphatic carbocycles. The first-order chi connectivity index (χ1) is 14.4. The van der Waals surface area contributed by atoms with Crippen LogP contribution < -0.4 is 17.2 Å². The molecule has 0 saturated heterocycles. The molecule has 0 bridgehead atoms. The van der Waals surface area contributed by atoms with Crippen molar-refractivity contribution in [2.24, 2.45) is 0 Å². The molecule has 4 aromatic rings. The normalized spacial score (nSPS) is 10.2. The molecule has 4 rings (SSSR count). The van der Waals surface area contributed by atoms with Crippen LogP contribution in [0, 0.1) is 12.7 Å². The van der Waals surface area contributed by atoms with Crippen LogP contribution in [0.2, 0.25) is 0 Å². The number of aromatic nitrogens is 2. The zero-order valence-electron chi connectivity index (χ0n) is 16.4. The molecule has 30 heavy (non-hydrogen) atoms. The van der Waals surface area contributed by atoms with E-state index in [4.69, 9.17) is 17.2 Å². The number of halogens is 1. The fourth-order valence-corrected chi connectivity index (χ4v) is 2.91. The number of aromatic hydroxyl groups is 1. The van der Waals surface area contributed by atoms with E-state index in [1.54, 1.807) is 12.1 Å². The van der Waals surface area contributed by atoms with Crippen LogP contribution in [0.25, 0.3) is 22.4 Å². The summed E-state index contributed by atoms with van der Waals surface area (Å²) in [5, 5.41) is 9.28. The molecule has 0 atom stereocenters. The summed E-state index contributed by atoms with van der Waals surface area (Å²) in [6, 6.07) is 22.3. The largest absolute Gasteiger partial charge is 0.508 e. The highest BCUT2D eigenvalue weighted by molar-refractivity contribution is 5.72. The summed E-state index contributed by atoms with van der Waals surface area (Å²) in [6.07, 6.45) is 0. The number of phenolic OH excluding ortho intramolecular Hbond substituents is 1. The van der Waals surface area contributed by atoms with E-state index in [9.17, 15) is 9.50 Å². The summed E-state index contributed by atoms with van der Waals surface area (Å²) in [7, 11) is 0. The van der Waals surface area contributed by atoms with Gasteiger partial charge in [0, 0.05) is 11.3 Å². The fraction of sp³-hybridized carbons (Fsp3) is 0.0435. The third-order valence-corrected chi connectivity index (χ3v) is 4.47. The Balaban J connectivity index is 0.000000172. The van der Waals surface area contributed by atoms with Crippen LogP contribution in [0.1, 0.15) is 5.56 Å². The van der Waals surface area contributed by atoms with Crippen molar-refractivity contribution in [1.82, 2.24) is 9.97 Å². The first-order valence-corrected chi connectivity index (χ1v) is 9.15. The standard InChI is InChI=1S/C13H13N.C10H9FN4O/c1-10-12(8-5-9-13(10)14)11-6-3-2-4-7-11;11-7-8(14-10(13)15-9(7)12)5-2-1-3-6(16)4-5/h2-9H,14H2,1H3;1-4,16H,(H4,12,13,14,15). The predicted molar refractivity (Wildman–Crippen MR) is 119 cm³/mol. The van der Waals surface area contributed by atoms with E-state index in [1.165, 1.54) is 23.3 Å². The molecule has 1 aromatic heterocycles. The summed E-state index contributed by atoms with van der Waals surface area (Å²) >= 11 is 0. The lowest BCUT2D eigenvalue weighted by molar-refractivity contribution is 0.475. The van der Waals surface area contributed by atoms with Gasteiger partial charge in [-0.3, -0.25) is 0 Å². The van der Waals surface area contributed by atoms with Crippen LogP contribution in [0.15, 0.2) is 72.8 Å². The van der Waals surface area contributed by atoms with Crippen molar-refractivity contribution >= 4 is 17.5 Å². The van der Waals surface area contributed by atoms with Crippen LogP contribution in [-0.4, -0.2) is 15.1 Å². The van der Waals surface area contributed by atoms with Gasteiger partial charge in [-0.2, -0.15) is 4.98 Å². The Kier molecular flexibility index (Phi) is 6.12. The van der Waals surface area contributed by atoms with Gasteiger partial charge in [0.1, 0.15) is 11.4 Å². The second kappa shape index (κ2) is 8.91. The number of anilines is 3. The van der Waals surface area contributed by atoms with Crippen LogP contribution >= 0.6 is 0 Å². The maximum Gasteiger partial charge on any atom is 0.222 e. The summed E-state index contributed by atoms with van der Waals surface area (Å²) in [5.41, 5.74) is 21.4. The Bertz CT molecular complexity index is 1170. The van der Waals surface area contributed by atoms with Gasteiger partial charge in [-0.05, 0) is 41.8 Å². The highest BCUT2D eigenvalue weighted by Gasteiger charge is 2.13. The molecule has 6 nitrogen and oxygen atoms in total. The molecular weight excluding hydrogens is 381 g/mol. The number of nitrogens with zero attached hydrogens (tertiary/aromatic N) is 2. The molecule has 0 radical (unpaired) electrons. The summed E-state index contributed by atoms with van der Waals surface area (Å²) in [5.74, 6) is -1.17. The molecule has 0 saturated carbocycles. The number of benzene rings is 3. The Hall–Kier alpha value is -4.13. The minimum Gasteiger partial charge on any atom is -0.508 e. The molecule has 0 aliphatic heterocycles. The van der Waals surface area contributed by atoms with Crippen molar-refractivity contribution in [2.45, 2.75) is 6.92 Å². The lowest BCUT2D eigenvalue weighted by Crippen LogP contribution is -2.04. The Labute approximate surface area is 173 Å². The van der Waals surface area contributed by atoms with Gasteiger partial charge in [-0.1, -0.05) is 54.6 Å². The van der Waals surface area contributed by atoms with Gasteiger partial charge in [0.05, 0.1) is 0 Å². The van der Waals surface area contributed by atoms with E-state index in [0.717, 1.165) is 11.3 Å². The predicted octanol–water partition coefficient (Wildman–Crippen LogP) is 4.40. The second-order valence-electron chi connectivity index (χ2n) is 6.57. The molecule has 3 aromatic carbocycles. The van der Waals surface area contributed by atoms with Crippen molar-refractivity contribution in [2.75, 3.05) is 17.2 Å². The average Bonchev–Trinajstić information content (AvgIpc) is 2.74. The van der Waals surface area contributed by atoms with Crippen molar-refractivity contribution < 1.29 is 9.50 Å². The van der Waals surface area contributed by atoms with E-state index in [2.05, 4.69) is 35.1 Å². The zero-order valence-corrected chi connectivity index (χ0v) is 16.4. The summed E-state index contributed by atoms with van der Waals surface area (Å²) in [4.78, 5) is 7.23. The minimum atomic E-state index is -0.750. The van der Waals surface area contributed by atoms with E-state index in [-0.39, 0.29) is 23.2 Å². The lowest BCUT2D eigenvalue weighted by atomic mass is 10.00. The number of hydrogen-bond donors (Lipinski definition) is 4. The Morgan fingerprint density at radius 3 is 2.17 bits per heavy atom. The van der Waals surface area contributed by atoms with Gasteiger partial charge < -0.3 is 22.3 Å². The van der Waals surface area contributed by atoms with Crippen LogP contribution in [0.5, 0.6) is 5.75 Å². The van der Waals surface area contributed by atoms with E-state index in [0.29, 0.717) is 5.56 Å². The topological polar surface area (TPSA) is 124 Å². The number of nitrogens with two attached hydrogens (primary N) is 3. The highest BCUT2D eigenvalue weighted by Crippen LogP contribution is 2.27. The number of nitrogen functional groups attached to an aromatic ring is 3. The van der Waals surface area contributed by atoms with Crippen molar-refractivity contribution in [3.8, 4) is 28.1 Å². The van der Waals surface area contributed by atoms with Gasteiger partial charge in [0.15, 0.2) is 11.6 Å². The average molecular weight is 403 g/mol. The fourth-order valence-electron chi connectivity index (χ4n) is 2.91. The van der Waals surface area contributed by atoms with Gasteiger partial charge in [0.2, 0.25) is 5.95 Å². The highest BCUT2D eigenvalue weighted by atomic mass is 19.1. The van der Waals surface area contributed by atoms with E-state index in [1.807, 2.05) is 30.3 Å². The molecule has 0 spiro atoms. The van der Waals surface area contributed by atoms with Crippen LogP contribution in [-0.2, 0) is 0 Å². The number of rotatable bonds is 2. The molecule has 0 fully saturated rings. The molecule has 152 valence electrons. The minimum absolute atomic E-state index is 0.00709. The molecular formula is C23H22FN5O. The molecule has 0 aliphatic rings. The first kappa shape index (κ1) is 20.6. The van der Waals surface area contributed by atoms with Gasteiger partial charge in [0.25, 0.3) is 0 Å². The molecule has 0 unspecified atom stereocenters. The maximum atomic E-state index is 13.6. The first-order valence-electron chi connectivity index (χ1n) is 9.15. The SMILES string of the molecule is Cc1c(N)cccc1-c1ccccc1.Nc1nc(N)c(F)c(-c2cccc(O)c2)n1. The van der Waals surface area contributed by atoms with Crippen LogP contribution in [0.3, 0.4) is 0 Å². The Morgan fingerprint density at radius 1 is 0.800 bits per heavy atom. The van der Waals surface area contributed by atoms with Crippen molar-refractivity contribution in [3.63, 3.8) is 0 Å². The van der Waals surface area contributed by atoms with Crippen molar-refractivity contribution in [1.29, 1.82) is 0 Å².